The van der Waals surface area contributed by atoms with Gasteiger partial charge in [-0.2, -0.15) is 0 Å². The third-order valence-electron chi connectivity index (χ3n) is 4.02. The number of aromatic nitrogens is 2. The molecule has 1 aliphatic heterocycles. The molecule has 0 bridgehead atoms. The lowest BCUT2D eigenvalue weighted by atomic mass is 10.1. The second kappa shape index (κ2) is 7.95. The van der Waals surface area contributed by atoms with Crippen LogP contribution >= 0.6 is 28.3 Å². The molecule has 0 saturated carbocycles. The quantitative estimate of drug-likeness (QED) is 0.862. The first-order valence-electron chi connectivity index (χ1n) is 7.37. The Morgan fingerprint density at radius 3 is 2.91 bits per heavy atom. The average molecular weight is 400 g/mol. The van der Waals surface area contributed by atoms with Crippen molar-refractivity contribution in [3.8, 4) is 0 Å². The van der Waals surface area contributed by atoms with Crippen LogP contribution in [0.4, 0.5) is 0 Å². The van der Waals surface area contributed by atoms with Gasteiger partial charge in [0.2, 0.25) is 5.91 Å². The minimum Gasteiger partial charge on any atom is -0.336 e. The highest BCUT2D eigenvalue weighted by molar-refractivity contribution is 9.10. The molecule has 1 aromatic heterocycles. The van der Waals surface area contributed by atoms with Gasteiger partial charge in [-0.1, -0.05) is 34.1 Å². The molecule has 7 heteroatoms. The van der Waals surface area contributed by atoms with Crippen LogP contribution in [0.1, 0.15) is 17.4 Å². The van der Waals surface area contributed by atoms with E-state index in [1.807, 2.05) is 47.0 Å². The summed E-state index contributed by atoms with van der Waals surface area (Å²) in [5, 5.41) is 3.35. The first-order valence-corrected chi connectivity index (χ1v) is 8.17. The summed E-state index contributed by atoms with van der Waals surface area (Å²) in [6, 6.07) is 7.86. The van der Waals surface area contributed by atoms with Gasteiger partial charge in [0.05, 0.1) is 6.42 Å². The number of nitrogens with zero attached hydrogens (tertiary/aromatic N) is 3. The molecule has 23 heavy (non-hydrogen) atoms. The fourth-order valence-corrected chi connectivity index (χ4v) is 3.26. The average Bonchev–Trinajstić information content (AvgIpc) is 2.95. The minimum absolute atomic E-state index is 0. The summed E-state index contributed by atoms with van der Waals surface area (Å²) < 4.78 is 2.96. The van der Waals surface area contributed by atoms with E-state index in [4.69, 9.17) is 0 Å². The van der Waals surface area contributed by atoms with Crippen molar-refractivity contribution in [2.75, 3.05) is 19.6 Å². The molecule has 1 aliphatic rings. The maximum absolute atomic E-state index is 12.8. The first kappa shape index (κ1) is 18.0. The maximum Gasteiger partial charge on any atom is 0.227 e. The van der Waals surface area contributed by atoms with Gasteiger partial charge in [0.25, 0.3) is 0 Å². The number of aryl methyl sites for hydroxylation is 1. The number of nitrogens with one attached hydrogen (secondary N) is 1. The predicted molar refractivity (Wildman–Crippen MR) is 95.6 cm³/mol. The van der Waals surface area contributed by atoms with Crippen molar-refractivity contribution >= 4 is 34.2 Å². The number of hydrogen-bond donors (Lipinski definition) is 1. The monoisotopic (exact) mass is 398 g/mol. The lowest BCUT2D eigenvalue weighted by Gasteiger charge is -2.36. The summed E-state index contributed by atoms with van der Waals surface area (Å²) in [4.78, 5) is 19.1. The topological polar surface area (TPSA) is 50.2 Å². The Hall–Kier alpha value is -1.37. The van der Waals surface area contributed by atoms with Crippen LogP contribution in [0, 0.1) is 0 Å². The van der Waals surface area contributed by atoms with Crippen molar-refractivity contribution in [1.82, 2.24) is 19.8 Å². The minimum atomic E-state index is -0.0104. The fourth-order valence-electron chi connectivity index (χ4n) is 2.84. The summed E-state index contributed by atoms with van der Waals surface area (Å²) >= 11 is 3.51. The number of amides is 1. The molecule has 1 amide bonds. The molecule has 124 valence electrons. The van der Waals surface area contributed by atoms with Crippen molar-refractivity contribution in [1.29, 1.82) is 0 Å². The third kappa shape index (κ3) is 3.94. The standard InChI is InChI=1S/C16H19BrN4O.ClH/c1-20-8-7-19-16(20)14-11-18-6-9-21(14)15(22)10-12-4-2-3-5-13(12)17;/h2-5,7-8,14,18H,6,9-11H2,1H3;1H. The number of benzene rings is 1. The van der Waals surface area contributed by atoms with E-state index in [2.05, 4.69) is 26.2 Å². The number of rotatable bonds is 3. The molecule has 0 aliphatic carbocycles. The zero-order valence-electron chi connectivity index (χ0n) is 12.9. The number of piperazine rings is 1. The Balaban J connectivity index is 0.00000192. The molecule has 1 saturated heterocycles. The molecular weight excluding hydrogens is 380 g/mol. The molecule has 1 unspecified atom stereocenters. The van der Waals surface area contributed by atoms with Crippen LogP contribution in [0.5, 0.6) is 0 Å². The second-order valence-corrected chi connectivity index (χ2v) is 6.33. The predicted octanol–water partition coefficient (Wildman–Crippen LogP) is 2.32. The SMILES string of the molecule is Cl.Cn1ccnc1C1CNCCN1C(=O)Cc1ccccc1Br. The number of carbonyl (C=O) groups is 1. The number of halogens is 2. The molecule has 0 radical (unpaired) electrons. The van der Waals surface area contributed by atoms with Gasteiger partial charge in [0, 0.05) is 43.5 Å². The van der Waals surface area contributed by atoms with Crippen molar-refractivity contribution in [2.45, 2.75) is 12.5 Å². The zero-order valence-corrected chi connectivity index (χ0v) is 15.3. The summed E-state index contributed by atoms with van der Waals surface area (Å²) in [5.74, 6) is 1.06. The number of imidazole rings is 1. The Kier molecular flexibility index (Phi) is 6.21. The van der Waals surface area contributed by atoms with Crippen LogP contribution in [-0.4, -0.2) is 40.0 Å². The largest absolute Gasteiger partial charge is 0.336 e. The molecule has 1 N–H and O–H groups in total. The van der Waals surface area contributed by atoms with Gasteiger partial charge in [0.1, 0.15) is 11.9 Å². The lowest BCUT2D eigenvalue weighted by molar-refractivity contribution is -0.134. The van der Waals surface area contributed by atoms with Crippen molar-refractivity contribution in [2.24, 2.45) is 7.05 Å². The molecular formula is C16H20BrClN4O. The summed E-state index contributed by atoms with van der Waals surface area (Å²) in [6.45, 7) is 2.27. The van der Waals surface area contributed by atoms with E-state index in [1.54, 1.807) is 6.20 Å². The van der Waals surface area contributed by atoms with Crippen LogP contribution in [-0.2, 0) is 18.3 Å². The summed E-state index contributed by atoms with van der Waals surface area (Å²) in [6.07, 6.45) is 4.10. The molecule has 2 heterocycles. The van der Waals surface area contributed by atoms with Gasteiger partial charge in [-0.3, -0.25) is 4.79 Å². The van der Waals surface area contributed by atoms with E-state index < -0.39 is 0 Å². The van der Waals surface area contributed by atoms with E-state index in [1.165, 1.54) is 0 Å². The van der Waals surface area contributed by atoms with Gasteiger partial charge < -0.3 is 14.8 Å². The van der Waals surface area contributed by atoms with E-state index in [0.29, 0.717) is 13.0 Å². The molecule has 1 atom stereocenters. The molecule has 0 spiro atoms. The highest BCUT2D eigenvalue weighted by atomic mass is 79.9. The second-order valence-electron chi connectivity index (χ2n) is 5.47. The van der Waals surface area contributed by atoms with Crippen molar-refractivity contribution in [3.63, 3.8) is 0 Å². The first-order chi connectivity index (χ1) is 10.7. The zero-order chi connectivity index (χ0) is 15.5. The third-order valence-corrected chi connectivity index (χ3v) is 4.79. The highest BCUT2D eigenvalue weighted by Crippen LogP contribution is 2.23. The Labute approximate surface area is 150 Å². The van der Waals surface area contributed by atoms with Gasteiger partial charge >= 0.3 is 0 Å². The van der Waals surface area contributed by atoms with Crippen LogP contribution in [0.15, 0.2) is 41.1 Å². The molecule has 1 aromatic carbocycles. The summed E-state index contributed by atoms with van der Waals surface area (Å²) in [7, 11) is 1.97. The van der Waals surface area contributed by atoms with Gasteiger partial charge in [0.15, 0.2) is 0 Å². The number of carbonyl (C=O) groups excluding carboxylic acids is 1. The Morgan fingerprint density at radius 2 is 2.22 bits per heavy atom. The van der Waals surface area contributed by atoms with Crippen LogP contribution in [0.25, 0.3) is 0 Å². The number of hydrogen-bond acceptors (Lipinski definition) is 3. The van der Waals surface area contributed by atoms with Crippen LogP contribution in [0.3, 0.4) is 0 Å². The van der Waals surface area contributed by atoms with Crippen molar-refractivity contribution < 1.29 is 4.79 Å². The van der Waals surface area contributed by atoms with E-state index >= 15 is 0 Å². The van der Waals surface area contributed by atoms with Gasteiger partial charge in [-0.05, 0) is 11.6 Å². The van der Waals surface area contributed by atoms with E-state index in [-0.39, 0.29) is 24.4 Å². The Morgan fingerprint density at radius 1 is 1.43 bits per heavy atom. The fraction of sp³-hybridized carbons (Fsp3) is 0.375. The summed E-state index contributed by atoms with van der Waals surface area (Å²) in [5.41, 5.74) is 1.02. The van der Waals surface area contributed by atoms with Crippen LogP contribution < -0.4 is 5.32 Å². The van der Waals surface area contributed by atoms with Crippen LogP contribution in [0.2, 0.25) is 0 Å². The smallest absolute Gasteiger partial charge is 0.227 e. The van der Waals surface area contributed by atoms with E-state index in [0.717, 1.165) is 29.0 Å². The highest BCUT2D eigenvalue weighted by Gasteiger charge is 2.30. The Bertz CT molecular complexity index is 676. The normalized spacial score (nSPS) is 17.7. The molecule has 3 rings (SSSR count). The molecule has 5 nitrogen and oxygen atoms in total. The molecule has 1 fully saturated rings. The van der Waals surface area contributed by atoms with Crippen molar-refractivity contribution in [3.05, 3.63) is 52.5 Å². The maximum atomic E-state index is 12.8. The lowest BCUT2D eigenvalue weighted by Crippen LogP contribution is -2.49. The van der Waals surface area contributed by atoms with Gasteiger partial charge in [-0.25, -0.2) is 4.98 Å². The van der Waals surface area contributed by atoms with Gasteiger partial charge in [-0.15, -0.1) is 12.4 Å². The molecule has 2 aromatic rings. The van der Waals surface area contributed by atoms with E-state index in [9.17, 15) is 4.79 Å².